The summed E-state index contributed by atoms with van der Waals surface area (Å²) >= 11 is 0. The number of pyridine rings is 3. The van der Waals surface area contributed by atoms with Crippen molar-refractivity contribution < 1.29 is 9.18 Å². The molecular weight excluding hydrogens is 395 g/mol. The van der Waals surface area contributed by atoms with E-state index < -0.39 is 5.95 Å². The fourth-order valence-electron chi connectivity index (χ4n) is 3.16. The number of rotatable bonds is 6. The van der Waals surface area contributed by atoms with Gasteiger partial charge in [-0.1, -0.05) is 6.08 Å². The molecule has 7 nitrogen and oxygen atoms in total. The molecule has 4 aromatic rings. The SMILES string of the molecule is CN(C)CC=CC(=O)Nc1cncc(-c2cnc3[nH]cc(-c4ccc(F)nc4)c3c2)c1. The summed E-state index contributed by atoms with van der Waals surface area (Å²) in [5.41, 5.74) is 4.63. The van der Waals surface area contributed by atoms with E-state index in [0.29, 0.717) is 17.9 Å². The Hall–Kier alpha value is -3.91. The number of aromatic nitrogens is 4. The number of nitrogens with one attached hydrogen (secondary N) is 2. The molecule has 0 aliphatic rings. The van der Waals surface area contributed by atoms with Crippen LogP contribution in [-0.2, 0) is 4.79 Å². The number of hydrogen-bond donors (Lipinski definition) is 2. The summed E-state index contributed by atoms with van der Waals surface area (Å²) in [6, 6.07) is 6.84. The zero-order chi connectivity index (χ0) is 21.8. The molecule has 31 heavy (non-hydrogen) atoms. The van der Waals surface area contributed by atoms with Crippen LogP contribution in [0.5, 0.6) is 0 Å². The minimum absolute atomic E-state index is 0.217. The third-order valence-corrected chi connectivity index (χ3v) is 4.65. The van der Waals surface area contributed by atoms with Crippen LogP contribution in [0.3, 0.4) is 0 Å². The summed E-state index contributed by atoms with van der Waals surface area (Å²) < 4.78 is 13.2. The molecular formula is C23H21FN6O. The molecule has 0 aliphatic heterocycles. The van der Waals surface area contributed by atoms with Gasteiger partial charge in [0.15, 0.2) is 0 Å². The third kappa shape index (κ3) is 4.81. The molecule has 0 radical (unpaired) electrons. The number of anilines is 1. The lowest BCUT2D eigenvalue weighted by atomic mass is 10.0. The van der Waals surface area contributed by atoms with Crippen LogP contribution in [0.15, 0.2) is 67.4 Å². The van der Waals surface area contributed by atoms with E-state index in [2.05, 4.69) is 25.3 Å². The van der Waals surface area contributed by atoms with Gasteiger partial charge < -0.3 is 15.2 Å². The Morgan fingerprint density at radius 3 is 2.68 bits per heavy atom. The highest BCUT2D eigenvalue weighted by atomic mass is 19.1. The molecule has 0 unspecified atom stereocenters. The van der Waals surface area contributed by atoms with Gasteiger partial charge in [-0.3, -0.25) is 9.78 Å². The van der Waals surface area contributed by atoms with Crippen LogP contribution in [0.25, 0.3) is 33.3 Å². The summed E-state index contributed by atoms with van der Waals surface area (Å²) in [5.74, 6) is -0.741. The summed E-state index contributed by atoms with van der Waals surface area (Å²) in [6.45, 7) is 0.681. The minimum atomic E-state index is -0.524. The van der Waals surface area contributed by atoms with Crippen molar-refractivity contribution in [3.05, 3.63) is 73.3 Å². The van der Waals surface area contributed by atoms with Crippen molar-refractivity contribution in [3.63, 3.8) is 0 Å². The maximum Gasteiger partial charge on any atom is 0.248 e. The molecule has 156 valence electrons. The summed E-state index contributed by atoms with van der Waals surface area (Å²) in [5, 5.41) is 3.70. The van der Waals surface area contributed by atoms with Crippen LogP contribution >= 0.6 is 0 Å². The number of carbonyl (C=O) groups is 1. The van der Waals surface area contributed by atoms with Crippen LogP contribution in [0, 0.1) is 5.95 Å². The normalized spacial score (nSPS) is 11.5. The van der Waals surface area contributed by atoms with E-state index in [1.807, 2.05) is 37.3 Å². The molecule has 0 atom stereocenters. The van der Waals surface area contributed by atoms with Gasteiger partial charge in [-0.2, -0.15) is 4.39 Å². The molecule has 0 aromatic carbocycles. The predicted molar refractivity (Wildman–Crippen MR) is 119 cm³/mol. The molecule has 0 saturated carbocycles. The first kappa shape index (κ1) is 20.4. The Morgan fingerprint density at radius 2 is 1.90 bits per heavy atom. The van der Waals surface area contributed by atoms with Crippen molar-refractivity contribution in [1.29, 1.82) is 0 Å². The zero-order valence-corrected chi connectivity index (χ0v) is 17.1. The lowest BCUT2D eigenvalue weighted by Gasteiger charge is -2.07. The molecule has 0 bridgehead atoms. The van der Waals surface area contributed by atoms with E-state index in [4.69, 9.17) is 0 Å². The van der Waals surface area contributed by atoms with Gasteiger partial charge in [0, 0.05) is 65.0 Å². The van der Waals surface area contributed by atoms with Crippen LogP contribution < -0.4 is 5.32 Å². The van der Waals surface area contributed by atoms with Crippen molar-refractivity contribution in [2.45, 2.75) is 0 Å². The first-order chi connectivity index (χ1) is 15.0. The smallest absolute Gasteiger partial charge is 0.248 e. The molecule has 8 heteroatoms. The number of hydrogen-bond acceptors (Lipinski definition) is 5. The van der Waals surface area contributed by atoms with Crippen LogP contribution in [0.4, 0.5) is 10.1 Å². The van der Waals surface area contributed by atoms with Gasteiger partial charge in [-0.15, -0.1) is 0 Å². The quantitative estimate of drug-likeness (QED) is 0.368. The second-order valence-electron chi connectivity index (χ2n) is 7.31. The van der Waals surface area contributed by atoms with E-state index in [9.17, 15) is 9.18 Å². The second-order valence-corrected chi connectivity index (χ2v) is 7.31. The molecule has 4 rings (SSSR count). The van der Waals surface area contributed by atoms with Crippen LogP contribution in [0.1, 0.15) is 0 Å². The average Bonchev–Trinajstić information content (AvgIpc) is 3.17. The van der Waals surface area contributed by atoms with E-state index in [1.54, 1.807) is 30.7 Å². The number of likely N-dealkylation sites (N-methyl/N-ethyl adjacent to an activating group) is 1. The van der Waals surface area contributed by atoms with E-state index >= 15 is 0 Å². The van der Waals surface area contributed by atoms with Crippen molar-refractivity contribution >= 4 is 22.6 Å². The second kappa shape index (κ2) is 8.85. The van der Waals surface area contributed by atoms with Gasteiger partial charge in [-0.05, 0) is 38.4 Å². The van der Waals surface area contributed by atoms with Gasteiger partial charge in [0.1, 0.15) is 5.65 Å². The standard InChI is InChI=1S/C23H21FN6O/c1-30(2)7-3-4-22(31)29-18-8-16(10-25-13-18)17-9-19-20(14-28-23(19)27-12-17)15-5-6-21(24)26-11-15/h3-6,8-14H,7H2,1-2H3,(H,27,28)(H,29,31). The zero-order valence-electron chi connectivity index (χ0n) is 17.1. The van der Waals surface area contributed by atoms with Crippen molar-refractivity contribution in [2.75, 3.05) is 26.0 Å². The number of H-pyrrole nitrogens is 1. The van der Waals surface area contributed by atoms with Gasteiger partial charge >= 0.3 is 0 Å². The van der Waals surface area contributed by atoms with Crippen LogP contribution in [0.2, 0.25) is 0 Å². The highest BCUT2D eigenvalue weighted by Gasteiger charge is 2.10. The molecule has 0 aliphatic carbocycles. The average molecular weight is 416 g/mol. The largest absolute Gasteiger partial charge is 0.346 e. The van der Waals surface area contributed by atoms with Gasteiger partial charge in [0.25, 0.3) is 0 Å². The van der Waals surface area contributed by atoms with Crippen molar-refractivity contribution in [1.82, 2.24) is 24.8 Å². The molecule has 1 amide bonds. The van der Waals surface area contributed by atoms with Gasteiger partial charge in [-0.25, -0.2) is 9.97 Å². The number of carbonyl (C=O) groups excluding carboxylic acids is 1. The lowest BCUT2D eigenvalue weighted by molar-refractivity contribution is -0.111. The number of fused-ring (bicyclic) bond motifs is 1. The van der Waals surface area contributed by atoms with Gasteiger partial charge in [0.05, 0.1) is 11.9 Å². The fourth-order valence-corrected chi connectivity index (χ4v) is 3.16. The maximum atomic E-state index is 13.2. The monoisotopic (exact) mass is 416 g/mol. The molecule has 0 spiro atoms. The fraction of sp³-hybridized carbons (Fsp3) is 0.130. The van der Waals surface area contributed by atoms with E-state index in [0.717, 1.165) is 27.6 Å². The predicted octanol–water partition coefficient (Wildman–Crippen LogP) is 3.88. The molecule has 2 N–H and O–H groups in total. The first-order valence-electron chi connectivity index (χ1n) is 9.66. The highest BCUT2D eigenvalue weighted by Crippen LogP contribution is 2.31. The number of halogens is 1. The van der Waals surface area contributed by atoms with Crippen LogP contribution in [-0.4, -0.2) is 51.4 Å². The minimum Gasteiger partial charge on any atom is -0.346 e. The topological polar surface area (TPSA) is 86.8 Å². The Bertz CT molecular complexity index is 1250. The number of amides is 1. The summed E-state index contributed by atoms with van der Waals surface area (Å²) in [7, 11) is 3.87. The van der Waals surface area contributed by atoms with Gasteiger partial charge in [0.2, 0.25) is 11.9 Å². The molecule has 0 fully saturated rings. The molecule has 4 aromatic heterocycles. The number of aromatic amines is 1. The molecule has 4 heterocycles. The highest BCUT2D eigenvalue weighted by molar-refractivity contribution is 6.00. The Morgan fingerprint density at radius 1 is 1.10 bits per heavy atom. The van der Waals surface area contributed by atoms with Crippen molar-refractivity contribution in [2.24, 2.45) is 0 Å². The van der Waals surface area contributed by atoms with E-state index in [-0.39, 0.29) is 5.91 Å². The first-order valence-corrected chi connectivity index (χ1v) is 9.66. The summed E-state index contributed by atoms with van der Waals surface area (Å²) in [6.07, 6.45) is 11.7. The maximum absolute atomic E-state index is 13.2. The van der Waals surface area contributed by atoms with E-state index in [1.165, 1.54) is 18.3 Å². The van der Waals surface area contributed by atoms with Crippen molar-refractivity contribution in [3.8, 4) is 22.3 Å². The Kier molecular flexibility index (Phi) is 5.81. The number of nitrogens with zero attached hydrogens (tertiary/aromatic N) is 4. The molecule has 0 saturated heterocycles. The Labute approximate surface area is 178 Å². The summed E-state index contributed by atoms with van der Waals surface area (Å²) in [4.78, 5) is 29.7. The third-order valence-electron chi connectivity index (χ3n) is 4.65. The Balaban J connectivity index is 1.61. The lowest BCUT2D eigenvalue weighted by Crippen LogP contribution is -2.13.